The molecule has 0 bridgehead atoms. The van der Waals surface area contributed by atoms with Crippen LogP contribution in [0.3, 0.4) is 0 Å². The standard InChI is InChI=1S/C16H29ClO4.C16H29IO4/c2*1-4-7-11-16(14(18)20-5-2,15(19)21-6-3)12-9-8-10-13-17/h2*4-13H2,1-3H3. The van der Waals surface area contributed by atoms with Crippen molar-refractivity contribution >= 4 is 58.1 Å². The van der Waals surface area contributed by atoms with Crippen LogP contribution in [0.2, 0.25) is 0 Å². The summed E-state index contributed by atoms with van der Waals surface area (Å²) in [5.41, 5.74) is -2.25. The van der Waals surface area contributed by atoms with E-state index in [2.05, 4.69) is 29.5 Å². The molecular weight excluding hydrogens is 675 g/mol. The second-order valence-corrected chi connectivity index (χ2v) is 11.7. The molecule has 0 fully saturated rings. The summed E-state index contributed by atoms with van der Waals surface area (Å²) >= 11 is 8.02. The van der Waals surface area contributed by atoms with Crippen LogP contribution in [-0.4, -0.2) is 60.6 Å². The Morgan fingerprint density at radius 3 is 1.07 bits per heavy atom. The molecule has 0 aliphatic rings. The molecular formula is C32H58ClIO8. The lowest BCUT2D eigenvalue weighted by Gasteiger charge is -2.29. The second kappa shape index (κ2) is 27.4. The lowest BCUT2D eigenvalue weighted by molar-refractivity contribution is -0.175. The third-order valence-corrected chi connectivity index (χ3v) is 8.08. The zero-order valence-corrected chi connectivity index (χ0v) is 30.1. The van der Waals surface area contributed by atoms with E-state index in [-0.39, 0.29) is 13.2 Å². The Balaban J connectivity index is 0. The van der Waals surface area contributed by atoms with Gasteiger partial charge in [-0.25, -0.2) is 0 Å². The molecule has 0 spiro atoms. The van der Waals surface area contributed by atoms with Crippen molar-refractivity contribution < 1.29 is 38.1 Å². The van der Waals surface area contributed by atoms with E-state index in [0.717, 1.165) is 68.6 Å². The number of ether oxygens (including phenoxy) is 4. The van der Waals surface area contributed by atoms with Gasteiger partial charge in [0, 0.05) is 5.88 Å². The van der Waals surface area contributed by atoms with Crippen molar-refractivity contribution in [3.63, 3.8) is 0 Å². The maximum atomic E-state index is 12.4. The summed E-state index contributed by atoms with van der Waals surface area (Å²) in [6.45, 7) is 12.3. The molecule has 0 amide bonds. The van der Waals surface area contributed by atoms with E-state index in [1.807, 2.05) is 6.92 Å². The summed E-state index contributed by atoms with van der Waals surface area (Å²) < 4.78 is 21.8. The van der Waals surface area contributed by atoms with Crippen molar-refractivity contribution in [1.29, 1.82) is 0 Å². The van der Waals surface area contributed by atoms with Crippen LogP contribution in [0.15, 0.2) is 0 Å². The molecule has 0 saturated heterocycles. The van der Waals surface area contributed by atoms with Crippen LogP contribution in [0.5, 0.6) is 0 Å². The molecule has 0 aliphatic carbocycles. The van der Waals surface area contributed by atoms with E-state index in [0.29, 0.717) is 44.8 Å². The Kier molecular flexibility index (Phi) is 28.1. The molecule has 0 heterocycles. The molecule has 0 N–H and O–H groups in total. The molecule has 0 aromatic carbocycles. The molecule has 0 saturated carbocycles. The number of unbranched alkanes of at least 4 members (excludes halogenated alkanes) is 6. The predicted molar refractivity (Wildman–Crippen MR) is 177 cm³/mol. The average Bonchev–Trinajstić information content (AvgIpc) is 2.97. The van der Waals surface area contributed by atoms with Crippen molar-refractivity contribution in [3.05, 3.63) is 0 Å². The molecule has 0 aromatic heterocycles. The summed E-state index contributed by atoms with van der Waals surface area (Å²) in [7, 11) is 0. The first-order valence-electron chi connectivity index (χ1n) is 16.0. The molecule has 0 rings (SSSR count). The Bertz CT molecular complexity index is 635. The lowest BCUT2D eigenvalue weighted by Crippen LogP contribution is -2.42. The fourth-order valence-electron chi connectivity index (χ4n) is 4.66. The third kappa shape index (κ3) is 16.1. The average molecular weight is 733 g/mol. The van der Waals surface area contributed by atoms with Gasteiger partial charge < -0.3 is 18.9 Å². The first-order chi connectivity index (χ1) is 20.2. The topological polar surface area (TPSA) is 105 Å². The number of halogens is 2. The van der Waals surface area contributed by atoms with E-state index < -0.39 is 34.7 Å². The first kappa shape index (κ1) is 43.0. The molecule has 42 heavy (non-hydrogen) atoms. The number of alkyl halides is 2. The number of esters is 4. The molecule has 0 aliphatic heterocycles. The van der Waals surface area contributed by atoms with Gasteiger partial charge in [-0.3, -0.25) is 19.2 Å². The van der Waals surface area contributed by atoms with Crippen LogP contribution in [0.25, 0.3) is 0 Å². The van der Waals surface area contributed by atoms with Gasteiger partial charge in [-0.2, -0.15) is 0 Å². The monoisotopic (exact) mass is 732 g/mol. The minimum absolute atomic E-state index is 0.272. The van der Waals surface area contributed by atoms with Crippen molar-refractivity contribution in [2.45, 2.75) is 131 Å². The van der Waals surface area contributed by atoms with Crippen molar-refractivity contribution in [2.75, 3.05) is 36.7 Å². The van der Waals surface area contributed by atoms with Gasteiger partial charge >= 0.3 is 23.9 Å². The molecule has 0 aromatic rings. The SMILES string of the molecule is CCCCC(CCCCCCl)(C(=O)OCC)C(=O)OCC.CCCCC(CCCCCI)(C(=O)OCC)C(=O)OCC. The van der Waals surface area contributed by atoms with Crippen LogP contribution < -0.4 is 0 Å². The van der Waals surface area contributed by atoms with Crippen LogP contribution in [0, 0.1) is 10.8 Å². The molecule has 0 radical (unpaired) electrons. The Morgan fingerprint density at radius 2 is 0.810 bits per heavy atom. The van der Waals surface area contributed by atoms with Gasteiger partial charge in [0.05, 0.1) is 26.4 Å². The van der Waals surface area contributed by atoms with Gasteiger partial charge in [0.2, 0.25) is 0 Å². The zero-order valence-electron chi connectivity index (χ0n) is 27.2. The van der Waals surface area contributed by atoms with E-state index >= 15 is 0 Å². The maximum Gasteiger partial charge on any atom is 0.323 e. The van der Waals surface area contributed by atoms with Crippen LogP contribution in [0.4, 0.5) is 0 Å². The number of hydrogen-bond acceptors (Lipinski definition) is 8. The van der Waals surface area contributed by atoms with Crippen molar-refractivity contribution in [2.24, 2.45) is 10.8 Å². The van der Waals surface area contributed by atoms with Gasteiger partial charge in [0.15, 0.2) is 10.8 Å². The van der Waals surface area contributed by atoms with Gasteiger partial charge in [0.25, 0.3) is 0 Å². The lowest BCUT2D eigenvalue weighted by atomic mass is 9.78. The van der Waals surface area contributed by atoms with Gasteiger partial charge in [-0.05, 0) is 70.6 Å². The van der Waals surface area contributed by atoms with Crippen LogP contribution >= 0.6 is 34.2 Å². The number of carbonyl (C=O) groups excluding carboxylic acids is 4. The smallest absolute Gasteiger partial charge is 0.323 e. The minimum Gasteiger partial charge on any atom is -0.465 e. The fourth-order valence-corrected chi connectivity index (χ4v) is 5.39. The zero-order chi connectivity index (χ0) is 32.3. The van der Waals surface area contributed by atoms with Crippen LogP contribution in [0.1, 0.15) is 131 Å². The second-order valence-electron chi connectivity index (χ2n) is 10.3. The van der Waals surface area contributed by atoms with Crippen molar-refractivity contribution in [3.8, 4) is 0 Å². The quantitative estimate of drug-likeness (QED) is 0.0244. The van der Waals surface area contributed by atoms with Crippen LogP contribution in [-0.2, 0) is 38.1 Å². The third-order valence-electron chi connectivity index (χ3n) is 7.05. The summed E-state index contributed by atoms with van der Waals surface area (Å²) in [5, 5.41) is 0. The highest BCUT2D eigenvalue weighted by Gasteiger charge is 2.48. The molecule has 0 unspecified atom stereocenters. The Hall–Kier alpha value is -1.10. The van der Waals surface area contributed by atoms with Gasteiger partial charge in [0.1, 0.15) is 0 Å². The number of rotatable bonds is 24. The highest BCUT2D eigenvalue weighted by atomic mass is 127. The highest BCUT2D eigenvalue weighted by molar-refractivity contribution is 14.1. The normalized spacial score (nSPS) is 11.2. The summed E-state index contributed by atoms with van der Waals surface area (Å²) in [5.74, 6) is -1.11. The molecule has 10 heteroatoms. The van der Waals surface area contributed by atoms with Gasteiger partial charge in [-0.1, -0.05) is 87.8 Å². The Morgan fingerprint density at radius 1 is 0.500 bits per heavy atom. The fraction of sp³-hybridized carbons (Fsp3) is 0.875. The number of hydrogen-bond donors (Lipinski definition) is 0. The summed E-state index contributed by atoms with van der Waals surface area (Å²) in [4.78, 5) is 49.7. The molecule has 248 valence electrons. The Labute approximate surface area is 274 Å². The van der Waals surface area contributed by atoms with Crippen molar-refractivity contribution in [1.82, 2.24) is 0 Å². The highest BCUT2D eigenvalue weighted by Crippen LogP contribution is 2.36. The van der Waals surface area contributed by atoms with Gasteiger partial charge in [-0.15, -0.1) is 11.6 Å². The summed E-state index contributed by atoms with van der Waals surface area (Å²) in [6, 6.07) is 0. The maximum absolute atomic E-state index is 12.4. The van der Waals surface area contributed by atoms with E-state index in [1.165, 1.54) is 0 Å². The molecule has 0 atom stereocenters. The molecule has 8 nitrogen and oxygen atoms in total. The van der Waals surface area contributed by atoms with E-state index in [1.54, 1.807) is 27.7 Å². The largest absolute Gasteiger partial charge is 0.465 e. The minimum atomic E-state index is -1.14. The van der Waals surface area contributed by atoms with E-state index in [9.17, 15) is 19.2 Å². The van der Waals surface area contributed by atoms with E-state index in [4.69, 9.17) is 30.5 Å². The predicted octanol–water partition coefficient (Wildman–Crippen LogP) is 8.37. The number of carbonyl (C=O) groups is 4. The first-order valence-corrected chi connectivity index (χ1v) is 18.0. The summed E-state index contributed by atoms with van der Waals surface area (Å²) in [6.07, 6.45) is 11.0.